The van der Waals surface area contributed by atoms with Gasteiger partial charge in [-0.05, 0) is 31.2 Å². The molecule has 1 atom stereocenters. The lowest BCUT2D eigenvalue weighted by molar-refractivity contribution is 0.184. The maximum atomic E-state index is 12.3. The first-order chi connectivity index (χ1) is 10.3. The molecule has 0 aromatic carbocycles. The van der Waals surface area contributed by atoms with Gasteiger partial charge in [0, 0.05) is 31.1 Å². The summed E-state index contributed by atoms with van der Waals surface area (Å²) in [6.07, 6.45) is 2.53. The van der Waals surface area contributed by atoms with Gasteiger partial charge >= 0.3 is 6.03 Å². The van der Waals surface area contributed by atoms with E-state index in [4.69, 9.17) is 0 Å². The van der Waals surface area contributed by atoms with E-state index in [1.54, 1.807) is 23.3 Å². The molecule has 1 aromatic rings. The third kappa shape index (κ3) is 4.21. The van der Waals surface area contributed by atoms with Crippen LogP contribution in [0.4, 0.5) is 4.79 Å². The first-order valence-electron chi connectivity index (χ1n) is 7.31. The van der Waals surface area contributed by atoms with Crippen molar-refractivity contribution >= 4 is 27.4 Å². The van der Waals surface area contributed by atoms with Gasteiger partial charge in [-0.25, -0.2) is 17.5 Å². The number of urea groups is 1. The van der Waals surface area contributed by atoms with E-state index < -0.39 is 10.0 Å². The lowest BCUT2D eigenvalue weighted by atomic mass is 10.1. The van der Waals surface area contributed by atoms with Crippen molar-refractivity contribution in [3.8, 4) is 0 Å². The Kier molecular flexibility index (Phi) is 5.46. The van der Waals surface area contributed by atoms with Crippen LogP contribution in [0.25, 0.3) is 0 Å². The molecule has 0 spiro atoms. The van der Waals surface area contributed by atoms with E-state index in [-0.39, 0.29) is 18.1 Å². The number of rotatable bonds is 4. The molecule has 0 aliphatic carbocycles. The van der Waals surface area contributed by atoms with Gasteiger partial charge in [0.25, 0.3) is 0 Å². The molecule has 1 fully saturated rings. The molecule has 2 amide bonds. The van der Waals surface area contributed by atoms with Crippen LogP contribution in [0.5, 0.6) is 0 Å². The average Bonchev–Trinajstić information content (AvgIpc) is 2.99. The SMILES string of the molecule is CC(c1cccs1)N(C)C(=O)NC1CCN(S(C)(=O)=O)CC1. The van der Waals surface area contributed by atoms with Crippen molar-refractivity contribution in [1.82, 2.24) is 14.5 Å². The average molecular weight is 345 g/mol. The Balaban J connectivity index is 1.85. The molecule has 1 N–H and O–H groups in total. The summed E-state index contributed by atoms with van der Waals surface area (Å²) in [4.78, 5) is 15.1. The summed E-state index contributed by atoms with van der Waals surface area (Å²) in [5.41, 5.74) is 0. The third-order valence-electron chi connectivity index (χ3n) is 4.11. The summed E-state index contributed by atoms with van der Waals surface area (Å²) < 4.78 is 24.4. The molecule has 6 nitrogen and oxygen atoms in total. The van der Waals surface area contributed by atoms with Crippen LogP contribution >= 0.6 is 11.3 Å². The third-order valence-corrected chi connectivity index (χ3v) is 6.45. The lowest BCUT2D eigenvalue weighted by Gasteiger charge is -2.32. The molecule has 1 saturated heterocycles. The highest BCUT2D eigenvalue weighted by Crippen LogP contribution is 2.23. The van der Waals surface area contributed by atoms with E-state index >= 15 is 0 Å². The summed E-state index contributed by atoms with van der Waals surface area (Å²) in [5, 5.41) is 5.00. The van der Waals surface area contributed by atoms with Gasteiger partial charge in [0.2, 0.25) is 10.0 Å². The van der Waals surface area contributed by atoms with Crippen LogP contribution < -0.4 is 5.32 Å². The van der Waals surface area contributed by atoms with Gasteiger partial charge in [-0.15, -0.1) is 11.3 Å². The molecule has 0 saturated carbocycles. The van der Waals surface area contributed by atoms with E-state index in [9.17, 15) is 13.2 Å². The first kappa shape index (κ1) is 17.2. The minimum atomic E-state index is -3.13. The number of nitrogens with zero attached hydrogens (tertiary/aromatic N) is 2. The van der Waals surface area contributed by atoms with Gasteiger partial charge in [-0.2, -0.15) is 0 Å². The van der Waals surface area contributed by atoms with E-state index in [0.29, 0.717) is 25.9 Å². The van der Waals surface area contributed by atoms with Gasteiger partial charge in [-0.1, -0.05) is 6.07 Å². The fourth-order valence-corrected chi connectivity index (χ4v) is 4.20. The standard InChI is InChI=1S/C14H23N3O3S2/c1-11(13-5-4-10-21-13)16(2)14(18)15-12-6-8-17(9-7-12)22(3,19)20/h4-5,10-12H,6-9H2,1-3H3,(H,15,18). The smallest absolute Gasteiger partial charge is 0.317 e. The number of piperidine rings is 1. The van der Waals surface area contributed by atoms with Crippen LogP contribution in [0.1, 0.15) is 30.7 Å². The zero-order valence-electron chi connectivity index (χ0n) is 13.2. The monoisotopic (exact) mass is 345 g/mol. The maximum absolute atomic E-state index is 12.3. The van der Waals surface area contributed by atoms with Crippen molar-refractivity contribution in [1.29, 1.82) is 0 Å². The molecule has 2 rings (SSSR count). The molecular weight excluding hydrogens is 322 g/mol. The van der Waals surface area contributed by atoms with Gasteiger partial charge in [0.05, 0.1) is 12.3 Å². The summed E-state index contributed by atoms with van der Waals surface area (Å²) in [7, 11) is -1.34. The number of hydrogen-bond acceptors (Lipinski definition) is 4. The Morgan fingerprint density at radius 3 is 2.59 bits per heavy atom. The largest absolute Gasteiger partial charge is 0.335 e. The molecule has 2 heterocycles. The zero-order valence-corrected chi connectivity index (χ0v) is 14.8. The second-order valence-electron chi connectivity index (χ2n) is 5.69. The quantitative estimate of drug-likeness (QED) is 0.906. The molecular formula is C14H23N3O3S2. The Labute approximate surface area is 136 Å². The fraction of sp³-hybridized carbons (Fsp3) is 0.643. The van der Waals surface area contributed by atoms with E-state index in [1.807, 2.05) is 24.4 Å². The van der Waals surface area contributed by atoms with Gasteiger partial charge < -0.3 is 10.2 Å². The molecule has 0 bridgehead atoms. The number of hydrogen-bond donors (Lipinski definition) is 1. The fourth-order valence-electron chi connectivity index (χ4n) is 2.50. The van der Waals surface area contributed by atoms with Crippen molar-refractivity contribution in [2.75, 3.05) is 26.4 Å². The second-order valence-corrected chi connectivity index (χ2v) is 8.65. The number of amides is 2. The van der Waals surface area contributed by atoms with Crippen molar-refractivity contribution in [3.05, 3.63) is 22.4 Å². The van der Waals surface area contributed by atoms with Crippen molar-refractivity contribution in [2.45, 2.75) is 31.8 Å². The number of sulfonamides is 1. The van der Waals surface area contributed by atoms with Crippen LogP contribution in [0.3, 0.4) is 0 Å². The van der Waals surface area contributed by atoms with Crippen molar-refractivity contribution < 1.29 is 13.2 Å². The zero-order chi connectivity index (χ0) is 16.3. The lowest BCUT2D eigenvalue weighted by Crippen LogP contribution is -2.49. The van der Waals surface area contributed by atoms with E-state index in [2.05, 4.69) is 5.32 Å². The normalized spacial score (nSPS) is 18.9. The molecule has 1 aliphatic heterocycles. The molecule has 8 heteroatoms. The number of thiophene rings is 1. The van der Waals surface area contributed by atoms with Gasteiger partial charge in [0.1, 0.15) is 0 Å². The summed E-state index contributed by atoms with van der Waals surface area (Å²) in [6.45, 7) is 2.93. The van der Waals surface area contributed by atoms with Gasteiger partial charge in [-0.3, -0.25) is 0 Å². The second kappa shape index (κ2) is 6.97. The van der Waals surface area contributed by atoms with E-state index in [1.165, 1.54) is 10.6 Å². The number of carbonyl (C=O) groups is 1. The Hall–Kier alpha value is -1.12. The minimum Gasteiger partial charge on any atom is -0.335 e. The molecule has 1 unspecified atom stereocenters. The van der Waals surface area contributed by atoms with Crippen LogP contribution in [0.2, 0.25) is 0 Å². The summed E-state index contributed by atoms with van der Waals surface area (Å²) in [5.74, 6) is 0. The van der Waals surface area contributed by atoms with Crippen LogP contribution in [-0.2, 0) is 10.0 Å². The van der Waals surface area contributed by atoms with Crippen molar-refractivity contribution in [2.24, 2.45) is 0 Å². The molecule has 1 aromatic heterocycles. The maximum Gasteiger partial charge on any atom is 0.317 e. The van der Waals surface area contributed by atoms with Crippen LogP contribution in [0, 0.1) is 0 Å². The highest BCUT2D eigenvalue weighted by atomic mass is 32.2. The van der Waals surface area contributed by atoms with Crippen LogP contribution in [0.15, 0.2) is 17.5 Å². The molecule has 0 radical (unpaired) electrons. The first-order valence-corrected chi connectivity index (χ1v) is 10.0. The Bertz CT molecular complexity index is 593. The van der Waals surface area contributed by atoms with E-state index in [0.717, 1.165) is 4.88 Å². The topological polar surface area (TPSA) is 69.7 Å². The van der Waals surface area contributed by atoms with Crippen molar-refractivity contribution in [3.63, 3.8) is 0 Å². The molecule has 22 heavy (non-hydrogen) atoms. The summed E-state index contributed by atoms with van der Waals surface area (Å²) in [6, 6.07) is 3.94. The predicted molar refractivity (Wildman–Crippen MR) is 88.5 cm³/mol. The highest BCUT2D eigenvalue weighted by Gasteiger charge is 2.27. The Morgan fingerprint density at radius 2 is 2.09 bits per heavy atom. The summed E-state index contributed by atoms with van der Waals surface area (Å²) >= 11 is 1.63. The van der Waals surface area contributed by atoms with Crippen LogP contribution in [-0.4, -0.2) is 56.1 Å². The Morgan fingerprint density at radius 1 is 1.45 bits per heavy atom. The molecule has 124 valence electrons. The van der Waals surface area contributed by atoms with Gasteiger partial charge in [0.15, 0.2) is 0 Å². The predicted octanol–water partition coefficient (Wildman–Crippen LogP) is 1.87. The highest BCUT2D eigenvalue weighted by molar-refractivity contribution is 7.88. The minimum absolute atomic E-state index is 0.0242. The number of carbonyl (C=O) groups excluding carboxylic acids is 1. The number of nitrogens with one attached hydrogen (secondary N) is 1. The molecule has 1 aliphatic rings.